The van der Waals surface area contributed by atoms with Crippen LogP contribution in [0.1, 0.15) is 63.4 Å². The van der Waals surface area contributed by atoms with E-state index in [1.165, 1.54) is 14.5 Å². The van der Waals surface area contributed by atoms with Gasteiger partial charge in [0, 0.05) is 44.2 Å². The third kappa shape index (κ3) is 4.36. The maximum absolute atomic E-state index is 15.1. The molecule has 3 N–H and O–H groups in total. The molecule has 0 unspecified atom stereocenters. The van der Waals surface area contributed by atoms with Gasteiger partial charge in [0.1, 0.15) is 5.69 Å². The molecule has 0 bridgehead atoms. The molecule has 1 atom stereocenters. The highest BCUT2D eigenvalue weighted by Gasteiger charge is 2.43. The molecule has 220 valence electrons. The van der Waals surface area contributed by atoms with E-state index >= 15 is 4.39 Å². The Morgan fingerprint density at radius 3 is 2.52 bits per heavy atom. The van der Waals surface area contributed by atoms with Crippen LogP contribution in [-0.4, -0.2) is 61.1 Å². The summed E-state index contributed by atoms with van der Waals surface area (Å²) >= 11 is 0. The standard InChI is InChI=1S/C28H25F5N6O3/c1-2-20(40)37-9-7-16-21-17(39(36-16)18-6-5-14(13-3-4-13)22(29)25(18)41)8-10-38(19(21)12-37)27(42)15-11-35-26(28(31,32)33)23(30)24(15)34/h2,5-6,11,13,19,41H,1,3-4,7-10,12H2,(H2,34,35)/t19-/m0/s1. The molecular formula is C28H25F5N6O3. The summed E-state index contributed by atoms with van der Waals surface area (Å²) in [5.41, 5.74) is 4.46. The smallest absolute Gasteiger partial charge is 0.436 e. The first-order valence-electron chi connectivity index (χ1n) is 13.3. The molecule has 2 amide bonds. The molecule has 4 heterocycles. The van der Waals surface area contributed by atoms with Gasteiger partial charge in [0.2, 0.25) is 5.91 Å². The summed E-state index contributed by atoms with van der Waals surface area (Å²) in [6.07, 6.45) is -1.31. The van der Waals surface area contributed by atoms with Gasteiger partial charge in [0.15, 0.2) is 23.1 Å². The molecule has 1 fully saturated rings. The third-order valence-corrected chi connectivity index (χ3v) is 8.08. The van der Waals surface area contributed by atoms with E-state index in [9.17, 15) is 32.3 Å². The molecule has 3 aliphatic rings. The minimum absolute atomic E-state index is 0.0246. The quantitative estimate of drug-likeness (QED) is 0.351. The number of alkyl halides is 3. The second kappa shape index (κ2) is 9.81. The van der Waals surface area contributed by atoms with Gasteiger partial charge in [0.25, 0.3) is 5.91 Å². The lowest BCUT2D eigenvalue weighted by atomic mass is 9.94. The van der Waals surface area contributed by atoms with Crippen molar-refractivity contribution in [2.24, 2.45) is 0 Å². The predicted octanol–water partition coefficient (Wildman–Crippen LogP) is 4.04. The average molecular weight is 589 g/mol. The maximum Gasteiger partial charge on any atom is 0.436 e. The number of nitrogens with zero attached hydrogens (tertiary/aromatic N) is 5. The van der Waals surface area contributed by atoms with Gasteiger partial charge in [-0.2, -0.15) is 18.3 Å². The molecular weight excluding hydrogens is 563 g/mol. The van der Waals surface area contributed by atoms with Gasteiger partial charge in [-0.25, -0.2) is 18.4 Å². The molecule has 2 aromatic heterocycles. The van der Waals surface area contributed by atoms with Crippen molar-refractivity contribution < 1.29 is 36.6 Å². The SMILES string of the molecule is C=CC(=O)N1CCc2nn(-c3ccc(C4CC4)c(F)c3O)c3c2[C@H](C1)N(C(=O)c1cnc(C(F)(F)F)c(F)c1N)CC3. The zero-order valence-corrected chi connectivity index (χ0v) is 22.1. The van der Waals surface area contributed by atoms with Crippen molar-refractivity contribution in [2.45, 2.75) is 43.8 Å². The second-order valence-electron chi connectivity index (χ2n) is 10.6. The number of carbonyl (C=O) groups is 2. The number of benzene rings is 1. The zero-order valence-electron chi connectivity index (χ0n) is 22.1. The van der Waals surface area contributed by atoms with E-state index in [0.717, 1.165) is 18.9 Å². The van der Waals surface area contributed by atoms with Crippen molar-refractivity contribution in [3.63, 3.8) is 0 Å². The van der Waals surface area contributed by atoms with Gasteiger partial charge in [-0.15, -0.1) is 0 Å². The fourth-order valence-electron chi connectivity index (χ4n) is 5.84. The Labute approximate surface area is 236 Å². The number of aromatic hydroxyl groups is 1. The number of carbonyl (C=O) groups excluding carboxylic acids is 2. The molecule has 0 radical (unpaired) electrons. The van der Waals surface area contributed by atoms with Crippen molar-refractivity contribution in [1.82, 2.24) is 24.6 Å². The molecule has 6 rings (SSSR count). The minimum atomic E-state index is -5.11. The minimum Gasteiger partial charge on any atom is -0.503 e. The zero-order chi connectivity index (χ0) is 30.1. The number of phenolic OH excluding ortho intramolecular Hbond substituents is 1. The molecule has 1 aromatic carbocycles. The van der Waals surface area contributed by atoms with E-state index < -0.39 is 58.4 Å². The molecule has 0 spiro atoms. The lowest BCUT2D eigenvalue weighted by molar-refractivity contribution is -0.143. The Morgan fingerprint density at radius 1 is 1.12 bits per heavy atom. The number of phenols is 1. The first-order chi connectivity index (χ1) is 19.9. The van der Waals surface area contributed by atoms with Crippen LogP contribution in [0.2, 0.25) is 0 Å². The van der Waals surface area contributed by atoms with Crippen LogP contribution in [0.3, 0.4) is 0 Å². The third-order valence-electron chi connectivity index (χ3n) is 8.08. The van der Waals surface area contributed by atoms with Crippen LogP contribution >= 0.6 is 0 Å². The number of halogens is 5. The molecule has 3 aromatic rings. The van der Waals surface area contributed by atoms with Crippen LogP contribution in [0.25, 0.3) is 5.69 Å². The normalized spacial score (nSPS) is 18.5. The fourth-order valence-corrected chi connectivity index (χ4v) is 5.84. The lowest BCUT2D eigenvalue weighted by Crippen LogP contribution is -2.46. The number of nitrogen functional groups attached to an aromatic ring is 1. The van der Waals surface area contributed by atoms with Crippen LogP contribution < -0.4 is 5.73 Å². The topological polar surface area (TPSA) is 118 Å². The average Bonchev–Trinajstić information content (AvgIpc) is 3.75. The number of rotatable bonds is 4. The van der Waals surface area contributed by atoms with E-state index in [1.807, 2.05) is 0 Å². The Hall–Kier alpha value is -4.49. The largest absolute Gasteiger partial charge is 0.503 e. The molecule has 42 heavy (non-hydrogen) atoms. The molecule has 9 nitrogen and oxygen atoms in total. The van der Waals surface area contributed by atoms with Crippen LogP contribution in [0.15, 0.2) is 31.0 Å². The van der Waals surface area contributed by atoms with E-state index in [0.29, 0.717) is 28.7 Å². The lowest BCUT2D eigenvalue weighted by Gasteiger charge is -2.38. The molecule has 14 heteroatoms. The van der Waals surface area contributed by atoms with E-state index in [-0.39, 0.29) is 44.1 Å². The Balaban J connectivity index is 1.44. The van der Waals surface area contributed by atoms with Gasteiger partial charge in [-0.05, 0) is 36.5 Å². The summed E-state index contributed by atoms with van der Waals surface area (Å²) in [7, 11) is 0. The predicted molar refractivity (Wildman–Crippen MR) is 139 cm³/mol. The van der Waals surface area contributed by atoms with Gasteiger partial charge >= 0.3 is 6.18 Å². The number of hydrogen-bond donors (Lipinski definition) is 2. The number of aromatic nitrogens is 3. The summed E-state index contributed by atoms with van der Waals surface area (Å²) in [6, 6.07) is 2.35. The number of pyridine rings is 1. The van der Waals surface area contributed by atoms with E-state index in [1.54, 1.807) is 12.1 Å². The molecule has 1 aliphatic carbocycles. The first-order valence-corrected chi connectivity index (χ1v) is 13.3. The van der Waals surface area contributed by atoms with Gasteiger partial charge in [0.05, 0.1) is 28.7 Å². The van der Waals surface area contributed by atoms with Crippen molar-refractivity contribution in [3.05, 3.63) is 76.4 Å². The number of anilines is 1. The number of amides is 2. The summed E-state index contributed by atoms with van der Waals surface area (Å²) in [4.78, 5) is 32.2. The van der Waals surface area contributed by atoms with E-state index in [2.05, 4.69) is 16.7 Å². The van der Waals surface area contributed by atoms with Gasteiger partial charge in [-0.1, -0.05) is 12.6 Å². The Morgan fingerprint density at radius 2 is 1.86 bits per heavy atom. The van der Waals surface area contributed by atoms with Gasteiger partial charge < -0.3 is 20.6 Å². The van der Waals surface area contributed by atoms with Crippen LogP contribution in [0.5, 0.6) is 5.75 Å². The second-order valence-corrected chi connectivity index (χ2v) is 10.6. The first kappa shape index (κ1) is 27.7. The van der Waals surface area contributed by atoms with Crippen LogP contribution in [0, 0.1) is 11.6 Å². The van der Waals surface area contributed by atoms with E-state index in [4.69, 9.17) is 5.73 Å². The highest BCUT2D eigenvalue weighted by Crippen LogP contribution is 2.45. The highest BCUT2D eigenvalue weighted by molar-refractivity contribution is 5.99. The van der Waals surface area contributed by atoms with Crippen molar-refractivity contribution >= 4 is 17.5 Å². The van der Waals surface area contributed by atoms with Crippen molar-refractivity contribution in [3.8, 4) is 11.4 Å². The highest BCUT2D eigenvalue weighted by atomic mass is 19.4. The van der Waals surface area contributed by atoms with Crippen LogP contribution in [0.4, 0.5) is 27.6 Å². The van der Waals surface area contributed by atoms with Crippen molar-refractivity contribution in [1.29, 1.82) is 0 Å². The number of nitrogens with two attached hydrogens (primary N) is 1. The summed E-state index contributed by atoms with van der Waals surface area (Å²) in [5.74, 6) is -4.34. The molecule has 0 saturated heterocycles. The molecule has 1 saturated carbocycles. The molecule has 2 aliphatic heterocycles. The van der Waals surface area contributed by atoms with Gasteiger partial charge in [-0.3, -0.25) is 9.59 Å². The Bertz CT molecular complexity index is 1650. The maximum atomic E-state index is 15.1. The van der Waals surface area contributed by atoms with Crippen molar-refractivity contribution in [2.75, 3.05) is 25.4 Å². The van der Waals surface area contributed by atoms with Crippen LogP contribution in [-0.2, 0) is 23.8 Å². The number of hydrogen-bond acceptors (Lipinski definition) is 6. The summed E-state index contributed by atoms with van der Waals surface area (Å²) < 4.78 is 70.6. The summed E-state index contributed by atoms with van der Waals surface area (Å²) in [5, 5.41) is 15.5. The Kier molecular flexibility index (Phi) is 6.46. The fraction of sp³-hybridized carbons (Fsp3) is 0.357. The monoisotopic (exact) mass is 588 g/mol. The summed E-state index contributed by atoms with van der Waals surface area (Å²) in [6.45, 7) is 3.67.